The molecule has 1 aromatic rings. The van der Waals surface area contributed by atoms with Crippen LogP contribution in [0, 0.1) is 5.92 Å². The molecule has 1 unspecified atom stereocenters. The van der Waals surface area contributed by atoms with E-state index in [9.17, 15) is 0 Å². The number of fused-ring (bicyclic) bond motifs is 1. The van der Waals surface area contributed by atoms with Crippen molar-refractivity contribution in [2.24, 2.45) is 5.92 Å². The first-order valence-electron chi connectivity index (χ1n) is 6.54. The van der Waals surface area contributed by atoms with E-state index in [-0.39, 0.29) is 6.10 Å². The van der Waals surface area contributed by atoms with Crippen molar-refractivity contribution in [3.8, 4) is 5.75 Å². The number of anilines is 2. The predicted octanol–water partition coefficient (Wildman–Crippen LogP) is 3.09. The zero-order valence-corrected chi connectivity index (χ0v) is 10.5. The third-order valence-electron chi connectivity index (χ3n) is 3.42. The van der Waals surface area contributed by atoms with Crippen LogP contribution < -0.4 is 15.4 Å². The molecule has 1 aromatic carbocycles. The maximum Gasteiger partial charge on any atom is 0.144 e. The molecule has 0 aromatic heterocycles. The Labute approximate surface area is 103 Å². The fourth-order valence-electron chi connectivity index (χ4n) is 2.43. The predicted molar refractivity (Wildman–Crippen MR) is 70.8 cm³/mol. The van der Waals surface area contributed by atoms with Crippen molar-refractivity contribution in [1.82, 2.24) is 0 Å². The zero-order valence-electron chi connectivity index (χ0n) is 10.5. The minimum absolute atomic E-state index is 0.212. The van der Waals surface area contributed by atoms with Gasteiger partial charge in [-0.25, -0.2) is 0 Å². The Kier molecular flexibility index (Phi) is 2.61. The Bertz CT molecular complexity index is 413. The summed E-state index contributed by atoms with van der Waals surface area (Å²) in [7, 11) is 0. The third kappa shape index (κ3) is 2.19. The normalized spacial score (nSPS) is 22.6. The molecule has 0 bridgehead atoms. The summed E-state index contributed by atoms with van der Waals surface area (Å²) < 4.78 is 5.82. The Balaban J connectivity index is 1.83. The van der Waals surface area contributed by atoms with Crippen molar-refractivity contribution in [1.29, 1.82) is 0 Å². The lowest BCUT2D eigenvalue weighted by atomic mass is 10.1. The lowest BCUT2D eigenvalue weighted by Crippen LogP contribution is -2.34. The van der Waals surface area contributed by atoms with Crippen LogP contribution in [0.25, 0.3) is 0 Å². The first-order chi connectivity index (χ1) is 8.24. The van der Waals surface area contributed by atoms with Crippen LogP contribution in [0.2, 0.25) is 0 Å². The lowest BCUT2D eigenvalue weighted by molar-refractivity contribution is 0.243. The van der Waals surface area contributed by atoms with Crippen LogP contribution in [0.1, 0.15) is 26.7 Å². The second-order valence-electron chi connectivity index (χ2n) is 5.31. The van der Waals surface area contributed by atoms with Crippen LogP contribution in [0.4, 0.5) is 11.4 Å². The smallest absolute Gasteiger partial charge is 0.144 e. The minimum atomic E-state index is 0.212. The number of nitrogens with one attached hydrogen (secondary N) is 2. The van der Waals surface area contributed by atoms with Crippen LogP contribution >= 0.6 is 0 Å². The van der Waals surface area contributed by atoms with Gasteiger partial charge in [0.15, 0.2) is 0 Å². The number of rotatable bonds is 3. The van der Waals surface area contributed by atoms with E-state index in [0.29, 0.717) is 6.04 Å². The Morgan fingerprint density at radius 2 is 2.12 bits per heavy atom. The van der Waals surface area contributed by atoms with Crippen LogP contribution in [-0.2, 0) is 0 Å². The number of benzene rings is 1. The molecule has 0 radical (unpaired) electrons. The summed E-state index contributed by atoms with van der Waals surface area (Å²) >= 11 is 0. The largest absolute Gasteiger partial charge is 0.489 e. The quantitative estimate of drug-likeness (QED) is 0.840. The highest BCUT2D eigenvalue weighted by Gasteiger charge is 2.33. The Morgan fingerprint density at radius 1 is 1.29 bits per heavy atom. The average molecular weight is 232 g/mol. The molecule has 1 saturated carbocycles. The molecule has 3 heteroatoms. The summed E-state index contributed by atoms with van der Waals surface area (Å²) in [6.45, 7) is 5.13. The molecular formula is C14H20N2O. The molecule has 1 fully saturated rings. The number of ether oxygens (including phenoxy) is 1. The van der Waals surface area contributed by atoms with Gasteiger partial charge in [0.2, 0.25) is 0 Å². The number of hydrogen-bond donors (Lipinski definition) is 2. The van der Waals surface area contributed by atoms with Gasteiger partial charge in [0.05, 0.1) is 11.8 Å². The summed E-state index contributed by atoms with van der Waals surface area (Å²) in [6.07, 6.45) is 2.96. The maximum absolute atomic E-state index is 5.82. The van der Waals surface area contributed by atoms with Crippen LogP contribution in [0.15, 0.2) is 18.2 Å². The minimum Gasteiger partial charge on any atom is -0.489 e. The molecule has 1 atom stereocenters. The van der Waals surface area contributed by atoms with E-state index in [0.717, 1.165) is 23.9 Å². The van der Waals surface area contributed by atoms with Crippen molar-refractivity contribution in [2.75, 3.05) is 17.2 Å². The van der Waals surface area contributed by atoms with E-state index in [1.807, 2.05) is 6.07 Å². The van der Waals surface area contributed by atoms with Gasteiger partial charge in [-0.15, -0.1) is 0 Å². The number of hydrogen-bond acceptors (Lipinski definition) is 3. The van der Waals surface area contributed by atoms with Crippen LogP contribution in [0.5, 0.6) is 5.75 Å². The van der Waals surface area contributed by atoms with Gasteiger partial charge >= 0.3 is 0 Å². The summed E-state index contributed by atoms with van der Waals surface area (Å²) in [4.78, 5) is 0. The first kappa shape index (κ1) is 10.8. The van der Waals surface area contributed by atoms with Gasteiger partial charge in [0.1, 0.15) is 11.4 Å². The standard InChI is InChI=1S/C14H20N2O/c1-9(2)17-13-5-3-4-11-14(13)15-8-12(16-11)10-6-7-10/h3-5,9-10,12,15-16H,6-8H2,1-2H3. The summed E-state index contributed by atoms with van der Waals surface area (Å²) in [5.74, 6) is 1.82. The second-order valence-corrected chi connectivity index (χ2v) is 5.31. The Morgan fingerprint density at radius 3 is 2.82 bits per heavy atom. The fraction of sp³-hybridized carbons (Fsp3) is 0.571. The first-order valence-corrected chi connectivity index (χ1v) is 6.54. The molecule has 17 heavy (non-hydrogen) atoms. The molecule has 1 aliphatic carbocycles. The summed E-state index contributed by atoms with van der Waals surface area (Å²) in [5.41, 5.74) is 2.31. The Hall–Kier alpha value is -1.38. The molecule has 3 nitrogen and oxygen atoms in total. The van der Waals surface area contributed by atoms with Gasteiger partial charge in [0, 0.05) is 12.6 Å². The van der Waals surface area contributed by atoms with Gasteiger partial charge < -0.3 is 15.4 Å². The van der Waals surface area contributed by atoms with E-state index >= 15 is 0 Å². The van der Waals surface area contributed by atoms with E-state index in [4.69, 9.17) is 4.74 Å². The highest BCUT2D eigenvalue weighted by atomic mass is 16.5. The topological polar surface area (TPSA) is 33.3 Å². The third-order valence-corrected chi connectivity index (χ3v) is 3.42. The van der Waals surface area contributed by atoms with Crippen molar-refractivity contribution in [2.45, 2.75) is 38.8 Å². The lowest BCUT2D eigenvalue weighted by Gasteiger charge is -2.30. The van der Waals surface area contributed by atoms with E-state index in [1.165, 1.54) is 18.5 Å². The van der Waals surface area contributed by atoms with E-state index in [1.54, 1.807) is 0 Å². The summed E-state index contributed by atoms with van der Waals surface area (Å²) in [6, 6.07) is 6.81. The van der Waals surface area contributed by atoms with Gasteiger partial charge in [0.25, 0.3) is 0 Å². The molecule has 0 spiro atoms. The van der Waals surface area contributed by atoms with Crippen LogP contribution in [0.3, 0.4) is 0 Å². The molecule has 0 saturated heterocycles. The van der Waals surface area contributed by atoms with Gasteiger partial charge in [-0.05, 0) is 44.7 Å². The van der Waals surface area contributed by atoms with Gasteiger partial charge in [-0.2, -0.15) is 0 Å². The molecule has 2 aliphatic rings. The van der Waals surface area contributed by atoms with Crippen molar-refractivity contribution in [3.05, 3.63) is 18.2 Å². The average Bonchev–Trinajstić information content (AvgIpc) is 3.12. The molecule has 92 valence electrons. The van der Waals surface area contributed by atoms with Crippen molar-refractivity contribution >= 4 is 11.4 Å². The maximum atomic E-state index is 5.82. The zero-order chi connectivity index (χ0) is 11.8. The molecule has 0 amide bonds. The summed E-state index contributed by atoms with van der Waals surface area (Å²) in [5, 5.41) is 7.15. The van der Waals surface area contributed by atoms with Crippen LogP contribution in [-0.4, -0.2) is 18.7 Å². The molecule has 3 rings (SSSR count). The van der Waals surface area contributed by atoms with Crippen molar-refractivity contribution < 1.29 is 4.74 Å². The second kappa shape index (κ2) is 4.13. The van der Waals surface area contributed by atoms with E-state index in [2.05, 4.69) is 36.6 Å². The van der Waals surface area contributed by atoms with Gasteiger partial charge in [-0.3, -0.25) is 0 Å². The number of para-hydroxylation sites is 1. The monoisotopic (exact) mass is 232 g/mol. The molecule has 1 heterocycles. The van der Waals surface area contributed by atoms with E-state index < -0.39 is 0 Å². The molecule has 2 N–H and O–H groups in total. The molecular weight excluding hydrogens is 212 g/mol. The fourth-order valence-corrected chi connectivity index (χ4v) is 2.43. The SMILES string of the molecule is CC(C)Oc1cccc2c1NCC(C1CC1)N2. The highest BCUT2D eigenvalue weighted by Crippen LogP contribution is 2.41. The molecule has 1 aliphatic heterocycles. The van der Waals surface area contributed by atoms with Gasteiger partial charge in [-0.1, -0.05) is 6.07 Å². The highest BCUT2D eigenvalue weighted by molar-refractivity contribution is 5.77. The van der Waals surface area contributed by atoms with Crippen molar-refractivity contribution in [3.63, 3.8) is 0 Å².